The summed E-state index contributed by atoms with van der Waals surface area (Å²) in [6, 6.07) is 5.96. The Morgan fingerprint density at radius 1 is 1.31 bits per heavy atom. The number of halogens is 2. The van der Waals surface area contributed by atoms with Crippen LogP contribution in [0.4, 0.5) is 0 Å². The van der Waals surface area contributed by atoms with Crippen LogP contribution in [0.3, 0.4) is 0 Å². The zero-order chi connectivity index (χ0) is 9.68. The summed E-state index contributed by atoms with van der Waals surface area (Å²) < 4.78 is 0. The Hall–Kier alpha value is -0.460. The van der Waals surface area contributed by atoms with Crippen LogP contribution in [0.25, 0.3) is 0 Å². The third-order valence-electron chi connectivity index (χ3n) is 1.97. The standard InChI is InChI=1S/C11H12Cl2/c1-9-10(5-2-3-8-12)6-4-7-11(9)13/h2-4,6-7H,5,8H2,1H3/b3-2+. The molecule has 0 saturated heterocycles. The molecule has 0 unspecified atom stereocenters. The largest absolute Gasteiger partial charge is 0.122 e. The molecule has 0 radical (unpaired) electrons. The minimum Gasteiger partial charge on any atom is -0.122 e. The van der Waals surface area contributed by atoms with Crippen molar-refractivity contribution in [1.29, 1.82) is 0 Å². The van der Waals surface area contributed by atoms with E-state index in [2.05, 4.69) is 12.1 Å². The molecule has 0 aromatic heterocycles. The van der Waals surface area contributed by atoms with Crippen molar-refractivity contribution in [3.8, 4) is 0 Å². The number of rotatable bonds is 3. The second-order valence-corrected chi connectivity index (χ2v) is 3.57. The van der Waals surface area contributed by atoms with Crippen LogP contribution in [-0.4, -0.2) is 5.88 Å². The predicted molar refractivity (Wildman–Crippen MR) is 59.8 cm³/mol. The van der Waals surface area contributed by atoms with Crippen molar-refractivity contribution in [2.45, 2.75) is 13.3 Å². The van der Waals surface area contributed by atoms with E-state index >= 15 is 0 Å². The molecule has 0 amide bonds. The molecule has 0 bridgehead atoms. The summed E-state index contributed by atoms with van der Waals surface area (Å²) in [5.74, 6) is 0.569. The molecule has 70 valence electrons. The normalized spacial score (nSPS) is 11.0. The Morgan fingerprint density at radius 3 is 2.77 bits per heavy atom. The molecule has 0 atom stereocenters. The van der Waals surface area contributed by atoms with Crippen molar-refractivity contribution < 1.29 is 0 Å². The average Bonchev–Trinajstić information content (AvgIpc) is 2.13. The number of alkyl halides is 1. The third-order valence-corrected chi connectivity index (χ3v) is 2.56. The van der Waals surface area contributed by atoms with E-state index in [1.54, 1.807) is 0 Å². The zero-order valence-corrected chi connectivity index (χ0v) is 9.07. The second kappa shape index (κ2) is 5.31. The summed E-state index contributed by atoms with van der Waals surface area (Å²) in [4.78, 5) is 0. The molecule has 0 aliphatic heterocycles. The molecule has 0 heterocycles. The zero-order valence-electron chi connectivity index (χ0n) is 7.56. The molecular formula is C11H12Cl2. The van der Waals surface area contributed by atoms with Crippen molar-refractivity contribution in [2.24, 2.45) is 0 Å². The van der Waals surface area contributed by atoms with Crippen LogP contribution in [0.1, 0.15) is 11.1 Å². The lowest BCUT2D eigenvalue weighted by Crippen LogP contribution is -1.87. The Kier molecular flexibility index (Phi) is 4.34. The lowest BCUT2D eigenvalue weighted by molar-refractivity contribution is 1.21. The fraction of sp³-hybridized carbons (Fsp3) is 0.273. The minimum absolute atomic E-state index is 0.569. The number of hydrogen-bond acceptors (Lipinski definition) is 0. The van der Waals surface area contributed by atoms with Gasteiger partial charge in [-0.1, -0.05) is 35.9 Å². The Morgan fingerprint density at radius 2 is 2.08 bits per heavy atom. The molecule has 1 rings (SSSR count). The van der Waals surface area contributed by atoms with E-state index in [-0.39, 0.29) is 0 Å². The first-order valence-electron chi connectivity index (χ1n) is 4.20. The van der Waals surface area contributed by atoms with Gasteiger partial charge in [0.15, 0.2) is 0 Å². The van der Waals surface area contributed by atoms with Crippen LogP contribution >= 0.6 is 23.2 Å². The monoisotopic (exact) mass is 214 g/mol. The van der Waals surface area contributed by atoms with Gasteiger partial charge < -0.3 is 0 Å². The molecule has 1 aromatic rings. The van der Waals surface area contributed by atoms with Crippen LogP contribution in [0.15, 0.2) is 30.4 Å². The van der Waals surface area contributed by atoms with E-state index in [4.69, 9.17) is 23.2 Å². The molecule has 0 aliphatic rings. The SMILES string of the molecule is Cc1c(Cl)cccc1C/C=C/CCl. The quantitative estimate of drug-likeness (QED) is 0.528. The number of benzene rings is 1. The maximum atomic E-state index is 5.98. The van der Waals surface area contributed by atoms with Crippen molar-refractivity contribution in [3.63, 3.8) is 0 Å². The van der Waals surface area contributed by atoms with E-state index in [9.17, 15) is 0 Å². The molecule has 0 fully saturated rings. The molecule has 0 N–H and O–H groups in total. The maximum absolute atomic E-state index is 5.98. The van der Waals surface area contributed by atoms with Gasteiger partial charge in [-0.2, -0.15) is 0 Å². The summed E-state index contributed by atoms with van der Waals surface area (Å²) in [6.07, 6.45) is 4.91. The van der Waals surface area contributed by atoms with Crippen LogP contribution < -0.4 is 0 Å². The Bertz CT molecular complexity index is 303. The van der Waals surface area contributed by atoms with Crippen molar-refractivity contribution >= 4 is 23.2 Å². The highest BCUT2D eigenvalue weighted by atomic mass is 35.5. The smallest absolute Gasteiger partial charge is 0.0438 e. The molecule has 0 saturated carbocycles. The molecular weight excluding hydrogens is 203 g/mol. The maximum Gasteiger partial charge on any atom is 0.0438 e. The van der Waals surface area contributed by atoms with Crippen LogP contribution in [0, 0.1) is 6.92 Å². The lowest BCUT2D eigenvalue weighted by Gasteiger charge is -2.03. The van der Waals surface area contributed by atoms with Gasteiger partial charge in [-0.15, -0.1) is 11.6 Å². The summed E-state index contributed by atoms with van der Waals surface area (Å²) in [5.41, 5.74) is 2.41. The molecule has 0 spiro atoms. The average molecular weight is 215 g/mol. The van der Waals surface area contributed by atoms with E-state index in [0.29, 0.717) is 5.88 Å². The summed E-state index contributed by atoms with van der Waals surface area (Å²) in [7, 11) is 0. The molecule has 13 heavy (non-hydrogen) atoms. The fourth-order valence-electron chi connectivity index (χ4n) is 1.15. The number of hydrogen-bond donors (Lipinski definition) is 0. The summed E-state index contributed by atoms with van der Waals surface area (Å²) in [6.45, 7) is 2.03. The molecule has 0 nitrogen and oxygen atoms in total. The molecule has 1 aromatic carbocycles. The minimum atomic E-state index is 0.569. The van der Waals surface area contributed by atoms with E-state index in [1.807, 2.05) is 25.1 Å². The van der Waals surface area contributed by atoms with Crippen LogP contribution in [0.2, 0.25) is 5.02 Å². The van der Waals surface area contributed by atoms with Gasteiger partial charge in [-0.3, -0.25) is 0 Å². The molecule has 2 heteroatoms. The summed E-state index contributed by atoms with van der Waals surface area (Å²) in [5, 5.41) is 0.830. The topological polar surface area (TPSA) is 0 Å². The van der Waals surface area contributed by atoms with Gasteiger partial charge >= 0.3 is 0 Å². The third kappa shape index (κ3) is 3.06. The highest BCUT2D eigenvalue weighted by molar-refractivity contribution is 6.31. The molecule has 0 aliphatic carbocycles. The highest BCUT2D eigenvalue weighted by Gasteiger charge is 1.98. The van der Waals surface area contributed by atoms with E-state index in [1.165, 1.54) is 5.56 Å². The summed E-state index contributed by atoms with van der Waals surface area (Å²) >= 11 is 11.5. The van der Waals surface area contributed by atoms with E-state index < -0.39 is 0 Å². The van der Waals surface area contributed by atoms with Gasteiger partial charge in [0.05, 0.1) is 0 Å². The fourth-order valence-corrected chi connectivity index (χ4v) is 1.47. The van der Waals surface area contributed by atoms with Crippen LogP contribution in [0.5, 0.6) is 0 Å². The van der Waals surface area contributed by atoms with Crippen LogP contribution in [-0.2, 0) is 6.42 Å². The van der Waals surface area contributed by atoms with Crippen molar-refractivity contribution in [1.82, 2.24) is 0 Å². The lowest BCUT2D eigenvalue weighted by atomic mass is 10.1. The van der Waals surface area contributed by atoms with Gasteiger partial charge in [-0.25, -0.2) is 0 Å². The van der Waals surface area contributed by atoms with Gasteiger partial charge in [-0.05, 0) is 30.5 Å². The van der Waals surface area contributed by atoms with Gasteiger partial charge in [0.25, 0.3) is 0 Å². The Labute approximate surface area is 89.2 Å². The first-order chi connectivity index (χ1) is 6.25. The predicted octanol–water partition coefficient (Wildman–Crippen LogP) is 3.99. The van der Waals surface area contributed by atoms with Gasteiger partial charge in [0.1, 0.15) is 0 Å². The van der Waals surface area contributed by atoms with E-state index in [0.717, 1.165) is 17.0 Å². The van der Waals surface area contributed by atoms with Crippen molar-refractivity contribution in [2.75, 3.05) is 5.88 Å². The second-order valence-electron chi connectivity index (χ2n) is 2.85. The first-order valence-corrected chi connectivity index (χ1v) is 5.12. The van der Waals surface area contributed by atoms with Gasteiger partial charge in [0.2, 0.25) is 0 Å². The van der Waals surface area contributed by atoms with Crippen molar-refractivity contribution in [3.05, 3.63) is 46.5 Å². The highest BCUT2D eigenvalue weighted by Crippen LogP contribution is 2.19. The number of allylic oxidation sites excluding steroid dienone is 2. The first kappa shape index (κ1) is 10.6. The Balaban J connectivity index is 2.77. The van der Waals surface area contributed by atoms with Gasteiger partial charge in [0, 0.05) is 10.9 Å².